The van der Waals surface area contributed by atoms with Crippen LogP contribution in [-0.2, 0) is 4.79 Å². The molecule has 0 aromatic rings. The van der Waals surface area contributed by atoms with E-state index in [1.807, 2.05) is 11.8 Å². The Morgan fingerprint density at radius 3 is 2.61 bits per heavy atom. The Hall–Kier alpha value is -0.220. The number of nitrogens with one attached hydrogen (secondary N) is 2. The SMILES string of the molecule is CCCC1(C(=O)NC2CCSCC2)CCNCC1. The fourth-order valence-electron chi connectivity index (χ4n) is 3.15. The normalized spacial score (nSPS) is 24.7. The molecular formula is C14H26N2OS. The van der Waals surface area contributed by atoms with E-state index in [1.54, 1.807) is 0 Å². The van der Waals surface area contributed by atoms with Crippen LogP contribution in [0.3, 0.4) is 0 Å². The number of amides is 1. The lowest BCUT2D eigenvalue weighted by Crippen LogP contribution is -2.50. The summed E-state index contributed by atoms with van der Waals surface area (Å²) in [6, 6.07) is 0.433. The van der Waals surface area contributed by atoms with E-state index in [1.165, 1.54) is 11.5 Å². The molecule has 0 aromatic carbocycles. The van der Waals surface area contributed by atoms with Crippen molar-refractivity contribution in [2.45, 2.75) is 51.5 Å². The van der Waals surface area contributed by atoms with E-state index in [4.69, 9.17) is 0 Å². The lowest BCUT2D eigenvalue weighted by atomic mass is 9.74. The summed E-state index contributed by atoms with van der Waals surface area (Å²) in [5.41, 5.74) is -0.0788. The van der Waals surface area contributed by atoms with Crippen LogP contribution in [0.2, 0.25) is 0 Å². The first-order valence-corrected chi connectivity index (χ1v) is 8.52. The molecular weight excluding hydrogens is 244 g/mol. The zero-order valence-electron chi connectivity index (χ0n) is 11.5. The third-order valence-electron chi connectivity index (χ3n) is 4.33. The maximum Gasteiger partial charge on any atom is 0.226 e. The summed E-state index contributed by atoms with van der Waals surface area (Å²) in [5.74, 6) is 2.74. The van der Waals surface area contributed by atoms with Crippen LogP contribution in [0, 0.1) is 5.41 Å². The minimum atomic E-state index is -0.0788. The molecule has 4 heteroatoms. The van der Waals surface area contributed by atoms with Gasteiger partial charge >= 0.3 is 0 Å². The summed E-state index contributed by atoms with van der Waals surface area (Å²) in [6.45, 7) is 4.18. The van der Waals surface area contributed by atoms with Gasteiger partial charge < -0.3 is 10.6 Å². The predicted octanol–water partition coefficient (Wildman–Crippen LogP) is 2.17. The van der Waals surface area contributed by atoms with Gasteiger partial charge in [-0.3, -0.25) is 4.79 Å². The zero-order valence-corrected chi connectivity index (χ0v) is 12.3. The molecule has 2 heterocycles. The van der Waals surface area contributed by atoms with Crippen LogP contribution < -0.4 is 10.6 Å². The highest BCUT2D eigenvalue weighted by Gasteiger charge is 2.39. The predicted molar refractivity (Wildman–Crippen MR) is 77.9 cm³/mol. The van der Waals surface area contributed by atoms with Gasteiger partial charge in [0.25, 0.3) is 0 Å². The average Bonchev–Trinajstić information content (AvgIpc) is 2.41. The third kappa shape index (κ3) is 3.41. The molecule has 0 unspecified atom stereocenters. The number of hydrogen-bond acceptors (Lipinski definition) is 3. The number of hydrogen-bond donors (Lipinski definition) is 2. The maximum absolute atomic E-state index is 12.6. The van der Waals surface area contributed by atoms with Crippen LogP contribution in [-0.4, -0.2) is 36.5 Å². The molecule has 104 valence electrons. The standard InChI is InChI=1S/C14H26N2OS/c1-2-5-14(6-8-15-9-7-14)13(17)16-12-3-10-18-11-4-12/h12,15H,2-11H2,1H3,(H,16,17). The molecule has 1 amide bonds. The lowest BCUT2D eigenvalue weighted by Gasteiger charge is -2.38. The molecule has 0 bridgehead atoms. The van der Waals surface area contributed by atoms with E-state index >= 15 is 0 Å². The van der Waals surface area contributed by atoms with Gasteiger partial charge in [0.1, 0.15) is 0 Å². The fraction of sp³-hybridized carbons (Fsp3) is 0.929. The van der Waals surface area contributed by atoms with Gasteiger partial charge in [-0.1, -0.05) is 13.3 Å². The highest BCUT2D eigenvalue weighted by molar-refractivity contribution is 7.99. The molecule has 2 N–H and O–H groups in total. The Kier molecular flexibility index (Phi) is 5.37. The average molecular weight is 270 g/mol. The second-order valence-corrected chi connectivity index (χ2v) is 6.87. The molecule has 0 spiro atoms. The van der Waals surface area contributed by atoms with Gasteiger partial charge in [0.2, 0.25) is 5.91 Å². The zero-order chi connectivity index (χ0) is 12.8. The van der Waals surface area contributed by atoms with Crippen molar-refractivity contribution < 1.29 is 4.79 Å². The number of piperidine rings is 1. The fourth-order valence-corrected chi connectivity index (χ4v) is 4.26. The first-order valence-electron chi connectivity index (χ1n) is 7.36. The third-order valence-corrected chi connectivity index (χ3v) is 5.38. The van der Waals surface area contributed by atoms with Crippen molar-refractivity contribution in [2.75, 3.05) is 24.6 Å². The largest absolute Gasteiger partial charge is 0.353 e. The number of rotatable bonds is 4. The molecule has 0 aliphatic carbocycles. The first-order chi connectivity index (χ1) is 8.77. The Morgan fingerprint density at radius 1 is 1.33 bits per heavy atom. The summed E-state index contributed by atoms with van der Waals surface area (Å²) in [5, 5.41) is 6.71. The molecule has 2 aliphatic rings. The van der Waals surface area contributed by atoms with Crippen LogP contribution in [0.1, 0.15) is 45.4 Å². The van der Waals surface area contributed by atoms with E-state index in [9.17, 15) is 4.79 Å². The van der Waals surface area contributed by atoms with Crippen LogP contribution in [0.4, 0.5) is 0 Å². The van der Waals surface area contributed by atoms with Crippen LogP contribution in [0.5, 0.6) is 0 Å². The summed E-state index contributed by atoms with van der Waals surface area (Å²) < 4.78 is 0. The highest BCUT2D eigenvalue weighted by atomic mass is 32.2. The van der Waals surface area contributed by atoms with Crippen LogP contribution in [0.25, 0.3) is 0 Å². The summed E-state index contributed by atoms with van der Waals surface area (Å²) in [4.78, 5) is 12.6. The van der Waals surface area contributed by atoms with Gasteiger partial charge in [-0.2, -0.15) is 11.8 Å². The minimum absolute atomic E-state index is 0.0788. The monoisotopic (exact) mass is 270 g/mol. The molecule has 2 fully saturated rings. The Morgan fingerprint density at radius 2 is 2.00 bits per heavy atom. The molecule has 2 aliphatic heterocycles. The molecule has 0 aromatic heterocycles. The Bertz CT molecular complexity index is 265. The van der Waals surface area contributed by atoms with Gasteiger partial charge in [0.05, 0.1) is 5.41 Å². The van der Waals surface area contributed by atoms with Crippen LogP contribution >= 0.6 is 11.8 Å². The molecule has 18 heavy (non-hydrogen) atoms. The van der Waals surface area contributed by atoms with Crippen molar-refractivity contribution in [1.29, 1.82) is 0 Å². The quantitative estimate of drug-likeness (QED) is 0.822. The Labute approximate surface area is 115 Å². The molecule has 2 rings (SSSR count). The topological polar surface area (TPSA) is 41.1 Å². The second kappa shape index (κ2) is 6.80. The van der Waals surface area contributed by atoms with Crippen molar-refractivity contribution in [2.24, 2.45) is 5.41 Å². The summed E-state index contributed by atoms with van der Waals surface area (Å²) in [7, 11) is 0. The number of carbonyl (C=O) groups excluding carboxylic acids is 1. The van der Waals surface area contributed by atoms with Crippen molar-refractivity contribution >= 4 is 17.7 Å². The smallest absolute Gasteiger partial charge is 0.226 e. The molecule has 0 saturated carbocycles. The van der Waals surface area contributed by atoms with Crippen molar-refractivity contribution in [1.82, 2.24) is 10.6 Å². The number of carbonyl (C=O) groups is 1. The molecule has 0 radical (unpaired) electrons. The van der Waals surface area contributed by atoms with Crippen molar-refractivity contribution in [3.05, 3.63) is 0 Å². The Balaban J connectivity index is 1.94. The summed E-state index contributed by atoms with van der Waals surface area (Å²) >= 11 is 2.01. The molecule has 3 nitrogen and oxygen atoms in total. The van der Waals surface area contributed by atoms with E-state index in [0.29, 0.717) is 11.9 Å². The van der Waals surface area contributed by atoms with Gasteiger partial charge in [0.15, 0.2) is 0 Å². The summed E-state index contributed by atoms with van der Waals surface area (Å²) in [6.07, 6.45) is 6.46. The number of thioether (sulfide) groups is 1. The molecule has 0 atom stereocenters. The van der Waals surface area contributed by atoms with Gasteiger partial charge in [-0.15, -0.1) is 0 Å². The van der Waals surface area contributed by atoms with Crippen LogP contribution in [0.15, 0.2) is 0 Å². The molecule has 2 saturated heterocycles. The van der Waals surface area contributed by atoms with Gasteiger partial charge in [0, 0.05) is 6.04 Å². The van der Waals surface area contributed by atoms with E-state index < -0.39 is 0 Å². The highest BCUT2D eigenvalue weighted by Crippen LogP contribution is 2.34. The van der Waals surface area contributed by atoms with Gasteiger partial charge in [-0.25, -0.2) is 0 Å². The minimum Gasteiger partial charge on any atom is -0.353 e. The van der Waals surface area contributed by atoms with Gasteiger partial charge in [-0.05, 0) is 56.7 Å². The van der Waals surface area contributed by atoms with Crippen molar-refractivity contribution in [3.63, 3.8) is 0 Å². The van der Waals surface area contributed by atoms with E-state index in [-0.39, 0.29) is 5.41 Å². The maximum atomic E-state index is 12.6. The first kappa shape index (κ1) is 14.2. The van der Waals surface area contributed by atoms with Crippen molar-refractivity contribution in [3.8, 4) is 0 Å². The second-order valence-electron chi connectivity index (χ2n) is 5.64. The van der Waals surface area contributed by atoms with E-state index in [2.05, 4.69) is 17.6 Å². The lowest BCUT2D eigenvalue weighted by molar-refractivity contribution is -0.134. The van der Waals surface area contributed by atoms with E-state index in [0.717, 1.165) is 51.6 Å².